The number of benzene rings is 1. The molecule has 1 N–H and O–H groups in total. The molecule has 4 heteroatoms. The summed E-state index contributed by atoms with van der Waals surface area (Å²) in [6.07, 6.45) is 2.40. The fourth-order valence-corrected chi connectivity index (χ4v) is 4.76. The summed E-state index contributed by atoms with van der Waals surface area (Å²) in [5.41, 5.74) is 7.64. The summed E-state index contributed by atoms with van der Waals surface area (Å²) >= 11 is -0.216. The Morgan fingerprint density at radius 3 is 2.17 bits per heavy atom. The second-order valence-corrected chi connectivity index (χ2v) is 9.70. The normalized spacial score (nSPS) is 18.5. The predicted octanol–water partition coefficient (Wildman–Crippen LogP) is 6.35. The zero-order valence-electron chi connectivity index (χ0n) is 15.9. The number of rotatable bonds is 4. The van der Waals surface area contributed by atoms with Gasteiger partial charge in [-0.05, 0) is 0 Å². The van der Waals surface area contributed by atoms with Crippen LogP contribution in [0.5, 0.6) is 0 Å². The van der Waals surface area contributed by atoms with Crippen molar-refractivity contribution in [2.45, 2.75) is 58.2 Å². The Labute approximate surface area is 169 Å². The van der Waals surface area contributed by atoms with Gasteiger partial charge in [-0.2, -0.15) is 0 Å². The molecule has 0 saturated heterocycles. The zero-order chi connectivity index (χ0) is 16.5. The molecule has 0 amide bonds. The summed E-state index contributed by atoms with van der Waals surface area (Å²) < 4.78 is 4.39. The first-order chi connectivity index (χ1) is 10.2. The Kier molecular flexibility index (Phi) is 9.58. The van der Waals surface area contributed by atoms with Gasteiger partial charge in [-0.1, -0.05) is 0 Å². The van der Waals surface area contributed by atoms with Gasteiger partial charge in [-0.15, -0.1) is 24.8 Å². The first kappa shape index (κ1) is 24.0. The van der Waals surface area contributed by atoms with Gasteiger partial charge < -0.3 is 0 Å². The fraction of sp³-hybridized carbons (Fsp3) is 0.500. The Hall–Kier alpha value is -0.0457. The van der Waals surface area contributed by atoms with Crippen LogP contribution in [0, 0.1) is 5.92 Å². The van der Waals surface area contributed by atoms with Gasteiger partial charge in [0.1, 0.15) is 0 Å². The standard InChI is InChI=1S/C16H19.C4H10N.2ClH.Ti/c1-5-14-8-6-7-9-15(14)16-12(3)10-11(2)13(16)4;1-4(2,3)5;;;/h5-10,12H,1-4H3;5H,1-3H3;2*1H;/q;-1;;;+1. The smallest absolute Gasteiger partial charge is 0.147 e. The van der Waals surface area contributed by atoms with Gasteiger partial charge in [0.15, 0.2) is 0 Å². The number of allylic oxidation sites excluding steroid dienone is 4. The Bertz CT molecular complexity index is 614. The van der Waals surface area contributed by atoms with E-state index in [-0.39, 0.29) is 49.8 Å². The summed E-state index contributed by atoms with van der Waals surface area (Å²) in [4.78, 5) is 0. The molecule has 24 heavy (non-hydrogen) atoms. The van der Waals surface area contributed by atoms with Gasteiger partial charge in [-0.25, -0.2) is 0 Å². The maximum atomic E-state index is 3.77. The van der Waals surface area contributed by atoms with Crippen LogP contribution in [0.1, 0.15) is 63.8 Å². The number of nitrogens with one attached hydrogen (secondary N) is 1. The third-order valence-corrected chi connectivity index (χ3v) is 6.89. The van der Waals surface area contributed by atoms with Crippen molar-refractivity contribution < 1.29 is 19.4 Å². The maximum Gasteiger partial charge on any atom is -0.147 e. The van der Waals surface area contributed by atoms with Crippen molar-refractivity contribution in [1.82, 2.24) is 3.80 Å². The molecule has 2 rings (SSSR count). The number of hydrogen-bond acceptors (Lipinski definition) is 1. The second kappa shape index (κ2) is 9.60. The van der Waals surface area contributed by atoms with Crippen molar-refractivity contribution in [1.29, 1.82) is 0 Å². The fourth-order valence-electron chi connectivity index (χ4n) is 3.11. The van der Waals surface area contributed by atoms with E-state index in [1.54, 1.807) is 0 Å². The van der Waals surface area contributed by atoms with Crippen molar-refractivity contribution in [3.05, 3.63) is 52.6 Å². The molecule has 0 heterocycles. The van der Waals surface area contributed by atoms with E-state index in [2.05, 4.69) is 82.6 Å². The van der Waals surface area contributed by atoms with E-state index in [1.165, 1.54) is 27.8 Å². The number of hydrogen-bond donors (Lipinski definition) is 1. The van der Waals surface area contributed by atoms with E-state index >= 15 is 0 Å². The Morgan fingerprint density at radius 2 is 1.67 bits per heavy atom. The molecule has 0 aliphatic heterocycles. The zero-order valence-corrected chi connectivity index (χ0v) is 19.1. The van der Waals surface area contributed by atoms with Crippen molar-refractivity contribution in [3.63, 3.8) is 0 Å². The predicted molar refractivity (Wildman–Crippen MR) is 108 cm³/mol. The molecule has 2 atom stereocenters. The van der Waals surface area contributed by atoms with Crippen LogP contribution in [-0.4, -0.2) is 5.54 Å². The van der Waals surface area contributed by atoms with E-state index in [9.17, 15) is 0 Å². The van der Waals surface area contributed by atoms with E-state index in [0.717, 1.165) is 0 Å². The molecule has 0 spiro atoms. The molecule has 1 aliphatic carbocycles. The minimum absolute atomic E-state index is 0. The van der Waals surface area contributed by atoms with Gasteiger partial charge in [0, 0.05) is 0 Å². The van der Waals surface area contributed by atoms with Crippen LogP contribution >= 0.6 is 24.8 Å². The van der Waals surface area contributed by atoms with E-state index < -0.39 is 0 Å². The van der Waals surface area contributed by atoms with Crippen LogP contribution in [0.4, 0.5) is 0 Å². The SMILES string of the molecule is CC1=CC(C)C(c2ccccc2[CH](C)[Ti][NH]C(C)(C)C)=C1C.Cl.Cl. The van der Waals surface area contributed by atoms with Crippen molar-refractivity contribution in [2.75, 3.05) is 0 Å². The molecule has 134 valence electrons. The summed E-state index contributed by atoms with van der Waals surface area (Å²) in [7, 11) is 0. The number of halogens is 2. The molecule has 0 fully saturated rings. The van der Waals surface area contributed by atoms with Crippen molar-refractivity contribution >= 4 is 30.4 Å². The Morgan fingerprint density at radius 1 is 1.08 bits per heavy atom. The second-order valence-electron chi connectivity index (χ2n) is 7.51. The molecule has 2 unspecified atom stereocenters. The summed E-state index contributed by atoms with van der Waals surface area (Å²) in [5, 5.41) is 0. The molecule has 1 nitrogen and oxygen atoms in total. The van der Waals surface area contributed by atoms with Gasteiger partial charge in [0.25, 0.3) is 0 Å². The average molecular weight is 404 g/mol. The largest absolute Gasteiger partial charge is 0.147 e. The van der Waals surface area contributed by atoms with Gasteiger partial charge in [0.2, 0.25) is 0 Å². The molecular weight excluding hydrogens is 373 g/mol. The van der Waals surface area contributed by atoms with Crippen LogP contribution in [0.15, 0.2) is 41.5 Å². The van der Waals surface area contributed by atoms with E-state index in [0.29, 0.717) is 10.1 Å². The molecule has 1 aliphatic rings. The van der Waals surface area contributed by atoms with Crippen molar-refractivity contribution in [3.8, 4) is 0 Å². The summed E-state index contributed by atoms with van der Waals surface area (Å²) in [5.74, 6) is 0.531. The monoisotopic (exact) mass is 403 g/mol. The third-order valence-electron chi connectivity index (χ3n) is 4.33. The van der Waals surface area contributed by atoms with Crippen LogP contribution in [0.25, 0.3) is 5.57 Å². The average Bonchev–Trinajstić information content (AvgIpc) is 2.69. The van der Waals surface area contributed by atoms with Crippen LogP contribution < -0.4 is 3.80 Å². The third kappa shape index (κ3) is 5.75. The minimum Gasteiger partial charge on any atom is -0.147 e. The molecule has 0 saturated carbocycles. The van der Waals surface area contributed by atoms with Gasteiger partial charge >= 0.3 is 146 Å². The van der Waals surface area contributed by atoms with E-state index in [1.807, 2.05) is 0 Å². The molecule has 0 aromatic heterocycles. The minimum atomic E-state index is -0.216. The maximum absolute atomic E-state index is 3.77. The molecule has 0 bridgehead atoms. The molecule has 0 radical (unpaired) electrons. The molecule has 1 aromatic carbocycles. The van der Waals surface area contributed by atoms with Crippen LogP contribution in [0.3, 0.4) is 0 Å². The molecule has 1 aromatic rings. The molecular formula is C20H31Cl2NTi. The van der Waals surface area contributed by atoms with Crippen molar-refractivity contribution in [2.24, 2.45) is 5.92 Å². The summed E-state index contributed by atoms with van der Waals surface area (Å²) in [6, 6.07) is 9.02. The first-order valence-electron chi connectivity index (χ1n) is 8.22. The quantitative estimate of drug-likeness (QED) is 0.577. The van der Waals surface area contributed by atoms with Crippen LogP contribution in [0.2, 0.25) is 0 Å². The van der Waals surface area contributed by atoms with Gasteiger partial charge in [-0.3, -0.25) is 0 Å². The Balaban J connectivity index is 0.00000264. The van der Waals surface area contributed by atoms with Crippen LogP contribution in [-0.2, 0) is 19.4 Å². The topological polar surface area (TPSA) is 12.0 Å². The summed E-state index contributed by atoms with van der Waals surface area (Å²) in [6.45, 7) is 16.0. The van der Waals surface area contributed by atoms with E-state index in [4.69, 9.17) is 0 Å². The van der Waals surface area contributed by atoms with Gasteiger partial charge in [0.05, 0.1) is 0 Å². The first-order valence-corrected chi connectivity index (χ1v) is 9.90.